The molecule has 0 aliphatic rings. The molecule has 0 amide bonds. The number of nitrogens with zero attached hydrogens (tertiary/aromatic N) is 1. The number of hydrogen-bond acceptors (Lipinski definition) is 5. The van der Waals surface area contributed by atoms with E-state index in [1.807, 2.05) is 0 Å². The van der Waals surface area contributed by atoms with E-state index in [9.17, 15) is 16.8 Å². The normalized spacial score (nSPS) is 12.4. The molecular weight excluding hydrogens is 356 g/mol. The topological polar surface area (TPSA) is 97.5 Å². The standard InChI is InChI=1S/C10H15BrN2O4S2/c1-13(10-4-3-8(11)7-9(10)12)19(16,17)6-5-18(2,14)15/h3-4,7H,5-6,12H2,1-2H3. The van der Waals surface area contributed by atoms with Gasteiger partial charge in [-0.25, -0.2) is 16.8 Å². The van der Waals surface area contributed by atoms with E-state index >= 15 is 0 Å². The third-order valence-electron chi connectivity index (χ3n) is 2.46. The number of benzene rings is 1. The summed E-state index contributed by atoms with van der Waals surface area (Å²) < 4.78 is 47.8. The van der Waals surface area contributed by atoms with Crippen LogP contribution in [-0.2, 0) is 19.9 Å². The quantitative estimate of drug-likeness (QED) is 0.774. The van der Waals surface area contributed by atoms with Gasteiger partial charge in [-0.3, -0.25) is 4.31 Å². The van der Waals surface area contributed by atoms with Crippen LogP contribution in [0.3, 0.4) is 0 Å². The summed E-state index contributed by atoms with van der Waals surface area (Å²) in [7, 11) is -5.71. The average molecular weight is 371 g/mol. The predicted molar refractivity (Wildman–Crippen MR) is 80.5 cm³/mol. The molecule has 6 nitrogen and oxygen atoms in total. The maximum atomic E-state index is 12.0. The van der Waals surface area contributed by atoms with Crippen LogP contribution < -0.4 is 10.0 Å². The third-order valence-corrected chi connectivity index (χ3v) is 5.91. The molecule has 0 aliphatic heterocycles. The largest absolute Gasteiger partial charge is 0.397 e. The molecule has 0 saturated carbocycles. The number of nitrogen functional groups attached to an aromatic ring is 1. The number of hydrogen-bond donors (Lipinski definition) is 1. The third kappa shape index (κ3) is 4.66. The lowest BCUT2D eigenvalue weighted by molar-refractivity contribution is 0.589. The Morgan fingerprint density at radius 2 is 1.79 bits per heavy atom. The van der Waals surface area contributed by atoms with Crippen molar-refractivity contribution in [2.24, 2.45) is 0 Å². The van der Waals surface area contributed by atoms with Crippen molar-refractivity contribution in [1.29, 1.82) is 0 Å². The zero-order chi connectivity index (χ0) is 14.8. The fourth-order valence-corrected chi connectivity index (χ4v) is 4.53. The Morgan fingerprint density at radius 3 is 2.26 bits per heavy atom. The number of sulfonamides is 1. The summed E-state index contributed by atoms with van der Waals surface area (Å²) in [5, 5.41) is 0. The smallest absolute Gasteiger partial charge is 0.235 e. The van der Waals surface area contributed by atoms with Crippen LogP contribution in [0.25, 0.3) is 0 Å². The maximum Gasteiger partial charge on any atom is 0.235 e. The van der Waals surface area contributed by atoms with Gasteiger partial charge >= 0.3 is 0 Å². The van der Waals surface area contributed by atoms with Gasteiger partial charge in [0, 0.05) is 17.8 Å². The van der Waals surface area contributed by atoms with Crippen LogP contribution in [0.4, 0.5) is 11.4 Å². The van der Waals surface area contributed by atoms with Gasteiger partial charge in [0.1, 0.15) is 9.84 Å². The molecule has 0 unspecified atom stereocenters. The molecule has 0 spiro atoms. The second kappa shape index (κ2) is 5.68. The molecule has 0 radical (unpaired) electrons. The minimum absolute atomic E-state index is 0.291. The van der Waals surface area contributed by atoms with Crippen molar-refractivity contribution in [2.75, 3.05) is 34.8 Å². The van der Waals surface area contributed by atoms with Crippen molar-refractivity contribution < 1.29 is 16.8 Å². The van der Waals surface area contributed by atoms with Crippen molar-refractivity contribution in [3.63, 3.8) is 0 Å². The van der Waals surface area contributed by atoms with E-state index < -0.39 is 31.4 Å². The van der Waals surface area contributed by atoms with Gasteiger partial charge in [0.05, 0.1) is 22.9 Å². The van der Waals surface area contributed by atoms with Gasteiger partial charge in [-0.2, -0.15) is 0 Å². The number of halogens is 1. The van der Waals surface area contributed by atoms with Gasteiger partial charge in [0.2, 0.25) is 10.0 Å². The molecular formula is C10H15BrN2O4S2. The van der Waals surface area contributed by atoms with E-state index in [4.69, 9.17) is 5.73 Å². The highest BCUT2D eigenvalue weighted by atomic mass is 79.9. The van der Waals surface area contributed by atoms with Crippen molar-refractivity contribution in [3.05, 3.63) is 22.7 Å². The highest BCUT2D eigenvalue weighted by Gasteiger charge is 2.22. The van der Waals surface area contributed by atoms with Gasteiger partial charge in [-0.1, -0.05) is 15.9 Å². The van der Waals surface area contributed by atoms with Crippen LogP contribution in [0.15, 0.2) is 22.7 Å². The van der Waals surface area contributed by atoms with E-state index in [0.29, 0.717) is 11.4 Å². The molecule has 0 bridgehead atoms. The summed E-state index contributed by atoms with van der Waals surface area (Å²) >= 11 is 3.23. The van der Waals surface area contributed by atoms with Crippen LogP contribution in [0.5, 0.6) is 0 Å². The molecule has 0 aliphatic carbocycles. The fourth-order valence-electron chi connectivity index (χ4n) is 1.36. The van der Waals surface area contributed by atoms with E-state index in [-0.39, 0.29) is 0 Å². The minimum atomic E-state index is -3.72. The molecule has 1 rings (SSSR count). The second-order valence-electron chi connectivity index (χ2n) is 4.12. The fraction of sp³-hybridized carbons (Fsp3) is 0.400. The lowest BCUT2D eigenvalue weighted by atomic mass is 10.3. The molecule has 0 aromatic heterocycles. The zero-order valence-corrected chi connectivity index (χ0v) is 13.7. The van der Waals surface area contributed by atoms with Gasteiger partial charge < -0.3 is 5.73 Å². The Balaban J connectivity index is 3.01. The first-order valence-electron chi connectivity index (χ1n) is 5.22. The summed E-state index contributed by atoms with van der Waals surface area (Å²) in [5.74, 6) is -0.895. The van der Waals surface area contributed by atoms with Gasteiger partial charge in [0.25, 0.3) is 0 Å². The predicted octanol–water partition coefficient (Wildman–Crippen LogP) is 0.842. The first kappa shape index (κ1) is 16.3. The van der Waals surface area contributed by atoms with Crippen molar-refractivity contribution in [3.8, 4) is 0 Å². The molecule has 2 N–H and O–H groups in total. The average Bonchev–Trinajstić information content (AvgIpc) is 2.25. The zero-order valence-electron chi connectivity index (χ0n) is 10.5. The number of sulfone groups is 1. The summed E-state index contributed by atoms with van der Waals surface area (Å²) in [5.41, 5.74) is 6.35. The lowest BCUT2D eigenvalue weighted by Crippen LogP contribution is -2.32. The first-order valence-corrected chi connectivity index (χ1v) is 9.68. The van der Waals surface area contributed by atoms with Crippen molar-refractivity contribution >= 4 is 47.2 Å². The summed E-state index contributed by atoms with van der Waals surface area (Å²) in [4.78, 5) is 0. The van der Waals surface area contributed by atoms with Crippen LogP contribution in [-0.4, -0.2) is 41.6 Å². The van der Waals surface area contributed by atoms with Gasteiger partial charge in [-0.15, -0.1) is 0 Å². The number of nitrogens with two attached hydrogens (primary N) is 1. The van der Waals surface area contributed by atoms with E-state index in [2.05, 4.69) is 15.9 Å². The Morgan fingerprint density at radius 1 is 1.21 bits per heavy atom. The Hall–Kier alpha value is -0.800. The molecule has 108 valence electrons. The van der Waals surface area contributed by atoms with Crippen LogP contribution in [0, 0.1) is 0 Å². The molecule has 1 aromatic carbocycles. The summed E-state index contributed by atoms with van der Waals surface area (Å²) in [6, 6.07) is 4.80. The SMILES string of the molecule is CN(c1ccc(Br)cc1N)S(=O)(=O)CCS(C)(=O)=O. The number of rotatable bonds is 5. The summed E-state index contributed by atoms with van der Waals surface area (Å²) in [6.45, 7) is 0. The Kier molecular flexibility index (Phi) is 4.86. The highest BCUT2D eigenvalue weighted by Crippen LogP contribution is 2.27. The lowest BCUT2D eigenvalue weighted by Gasteiger charge is -2.21. The van der Waals surface area contributed by atoms with Crippen molar-refractivity contribution in [1.82, 2.24) is 0 Å². The molecule has 0 heterocycles. The maximum absolute atomic E-state index is 12.0. The van der Waals surface area contributed by atoms with E-state index in [1.54, 1.807) is 18.2 Å². The van der Waals surface area contributed by atoms with Crippen LogP contribution >= 0.6 is 15.9 Å². The second-order valence-corrected chi connectivity index (χ2v) is 9.41. The molecule has 0 fully saturated rings. The summed E-state index contributed by atoms with van der Waals surface area (Å²) in [6.07, 6.45) is 0.997. The highest BCUT2D eigenvalue weighted by molar-refractivity contribution is 9.10. The monoisotopic (exact) mass is 370 g/mol. The molecule has 1 aromatic rings. The van der Waals surface area contributed by atoms with Crippen LogP contribution in [0.2, 0.25) is 0 Å². The van der Waals surface area contributed by atoms with E-state index in [0.717, 1.165) is 15.0 Å². The molecule has 0 saturated heterocycles. The van der Waals surface area contributed by atoms with Crippen LogP contribution in [0.1, 0.15) is 0 Å². The van der Waals surface area contributed by atoms with E-state index in [1.165, 1.54) is 7.05 Å². The minimum Gasteiger partial charge on any atom is -0.397 e. The number of anilines is 2. The first-order chi connectivity index (χ1) is 8.53. The molecule has 9 heteroatoms. The van der Waals surface area contributed by atoms with Gasteiger partial charge in [-0.05, 0) is 18.2 Å². The Bertz CT molecular complexity index is 671. The Labute approximate surface area is 121 Å². The van der Waals surface area contributed by atoms with Crippen molar-refractivity contribution in [2.45, 2.75) is 0 Å². The molecule has 19 heavy (non-hydrogen) atoms. The molecule has 0 atom stereocenters. The van der Waals surface area contributed by atoms with Gasteiger partial charge in [0.15, 0.2) is 0 Å².